The van der Waals surface area contributed by atoms with E-state index in [0.717, 1.165) is 13.1 Å². The van der Waals surface area contributed by atoms with Crippen LogP contribution in [0.15, 0.2) is 0 Å². The fourth-order valence-electron chi connectivity index (χ4n) is 1.86. The van der Waals surface area contributed by atoms with Gasteiger partial charge in [-0.25, -0.2) is 0 Å². The summed E-state index contributed by atoms with van der Waals surface area (Å²) in [4.78, 5) is 11.6. The van der Waals surface area contributed by atoms with Crippen LogP contribution in [0.25, 0.3) is 0 Å². The molecule has 1 saturated heterocycles. The van der Waals surface area contributed by atoms with Gasteiger partial charge in [0.25, 0.3) is 0 Å². The number of carbonyl (C=O) groups is 1. The second kappa shape index (κ2) is 5.31. The molecule has 0 atom stereocenters. The Balaban J connectivity index is 2.72. The van der Waals surface area contributed by atoms with Crippen molar-refractivity contribution < 1.29 is 14.3 Å². The molecule has 0 amide bonds. The van der Waals surface area contributed by atoms with Crippen LogP contribution in [-0.2, 0) is 9.22 Å². The molecule has 1 fully saturated rings. The number of carboxylic acid groups (broad SMARTS) is 1. The van der Waals surface area contributed by atoms with Gasteiger partial charge < -0.3 is 14.8 Å². The van der Waals surface area contributed by atoms with Crippen molar-refractivity contribution in [1.82, 2.24) is 5.32 Å². The number of hydrogen-bond donors (Lipinski definition) is 2. The highest BCUT2D eigenvalue weighted by Gasteiger charge is 2.44. The first-order chi connectivity index (χ1) is 8.11. The van der Waals surface area contributed by atoms with Crippen molar-refractivity contribution in [3.05, 3.63) is 0 Å². The molecule has 0 aromatic heterocycles. The molecule has 1 aliphatic heterocycles. The van der Waals surface area contributed by atoms with Gasteiger partial charge in [0.05, 0.1) is 12.0 Å². The molecular weight excluding hydrogens is 246 g/mol. The molecule has 0 saturated carbocycles. The van der Waals surface area contributed by atoms with E-state index in [1.165, 1.54) is 0 Å². The van der Waals surface area contributed by atoms with Crippen molar-refractivity contribution >= 4 is 14.3 Å². The van der Waals surface area contributed by atoms with Gasteiger partial charge in [0, 0.05) is 0 Å². The SMILES string of the molecule is CC(C)(C)[Si](C)(C)OCC1(C(=O)O)CCNCC1. The van der Waals surface area contributed by atoms with Crippen LogP contribution in [0.4, 0.5) is 0 Å². The van der Waals surface area contributed by atoms with Crippen LogP contribution in [0.5, 0.6) is 0 Å². The average Bonchev–Trinajstić information content (AvgIpc) is 2.26. The Kier molecular flexibility index (Phi) is 4.62. The molecule has 0 aromatic rings. The van der Waals surface area contributed by atoms with E-state index in [4.69, 9.17) is 4.43 Å². The van der Waals surface area contributed by atoms with Gasteiger partial charge in [0.15, 0.2) is 8.32 Å². The van der Waals surface area contributed by atoms with Crippen LogP contribution in [-0.4, -0.2) is 39.1 Å². The zero-order chi connectivity index (χ0) is 14.0. The quantitative estimate of drug-likeness (QED) is 0.773. The molecule has 5 heteroatoms. The minimum absolute atomic E-state index is 0.125. The van der Waals surface area contributed by atoms with Crippen LogP contribution < -0.4 is 5.32 Å². The molecule has 4 nitrogen and oxygen atoms in total. The van der Waals surface area contributed by atoms with Crippen LogP contribution in [0, 0.1) is 5.41 Å². The Labute approximate surface area is 111 Å². The molecule has 1 heterocycles. The molecule has 2 N–H and O–H groups in total. The lowest BCUT2D eigenvalue weighted by Gasteiger charge is -2.41. The van der Waals surface area contributed by atoms with E-state index in [-0.39, 0.29) is 5.04 Å². The third kappa shape index (κ3) is 3.33. The maximum absolute atomic E-state index is 11.6. The summed E-state index contributed by atoms with van der Waals surface area (Å²) in [5.41, 5.74) is -0.680. The van der Waals surface area contributed by atoms with Crippen LogP contribution >= 0.6 is 0 Å². The van der Waals surface area contributed by atoms with Crippen molar-refractivity contribution in [3.8, 4) is 0 Å². The maximum Gasteiger partial charge on any atom is 0.312 e. The highest BCUT2D eigenvalue weighted by molar-refractivity contribution is 6.74. The summed E-state index contributed by atoms with van der Waals surface area (Å²) < 4.78 is 6.13. The van der Waals surface area contributed by atoms with Gasteiger partial charge in [-0.05, 0) is 44.1 Å². The Morgan fingerprint density at radius 1 is 1.33 bits per heavy atom. The molecule has 0 bridgehead atoms. The monoisotopic (exact) mass is 273 g/mol. The predicted octanol–water partition coefficient (Wildman–Crippen LogP) is 2.46. The zero-order valence-electron chi connectivity index (χ0n) is 12.3. The normalized spacial score (nSPS) is 20.7. The topological polar surface area (TPSA) is 58.6 Å². The van der Waals surface area contributed by atoms with Crippen LogP contribution in [0.1, 0.15) is 33.6 Å². The smallest absolute Gasteiger partial charge is 0.312 e. The molecule has 1 rings (SSSR count). The molecule has 0 aromatic carbocycles. The molecule has 0 spiro atoms. The van der Waals surface area contributed by atoms with E-state index in [0.29, 0.717) is 19.4 Å². The van der Waals surface area contributed by atoms with E-state index >= 15 is 0 Å². The highest BCUT2D eigenvalue weighted by atomic mass is 28.4. The highest BCUT2D eigenvalue weighted by Crippen LogP contribution is 2.39. The summed E-state index contributed by atoms with van der Waals surface area (Å²) in [6.45, 7) is 12.8. The standard InChI is InChI=1S/C13H27NO3Si/c1-12(2,3)18(4,5)17-10-13(11(15)16)6-8-14-9-7-13/h14H,6-10H2,1-5H3,(H,15,16). The fourth-order valence-corrected chi connectivity index (χ4v) is 2.93. The van der Waals surface area contributed by atoms with E-state index < -0.39 is 19.7 Å². The largest absolute Gasteiger partial charge is 0.481 e. The molecule has 0 radical (unpaired) electrons. The number of piperidine rings is 1. The third-order valence-electron chi connectivity index (χ3n) is 4.53. The lowest BCUT2D eigenvalue weighted by atomic mass is 9.80. The summed E-state index contributed by atoms with van der Waals surface area (Å²) in [5, 5.41) is 12.8. The summed E-state index contributed by atoms with van der Waals surface area (Å²) in [6.07, 6.45) is 1.33. The van der Waals surface area contributed by atoms with E-state index in [1.54, 1.807) is 0 Å². The molecule has 0 aliphatic carbocycles. The Hall–Kier alpha value is -0.393. The number of carboxylic acids is 1. The first-order valence-electron chi connectivity index (χ1n) is 6.69. The zero-order valence-corrected chi connectivity index (χ0v) is 13.3. The molecular formula is C13H27NO3Si. The maximum atomic E-state index is 11.6. The van der Waals surface area contributed by atoms with Gasteiger partial charge in [-0.15, -0.1) is 0 Å². The summed E-state index contributed by atoms with van der Waals surface area (Å²) in [5.74, 6) is -0.706. The average molecular weight is 273 g/mol. The molecule has 1 aliphatic rings. The predicted molar refractivity (Wildman–Crippen MR) is 75.3 cm³/mol. The summed E-state index contributed by atoms with van der Waals surface area (Å²) >= 11 is 0. The van der Waals surface area contributed by atoms with E-state index in [1.807, 2.05) is 0 Å². The second-order valence-electron chi connectivity index (χ2n) is 6.88. The molecule has 18 heavy (non-hydrogen) atoms. The summed E-state index contributed by atoms with van der Waals surface area (Å²) in [6, 6.07) is 0. The third-order valence-corrected chi connectivity index (χ3v) is 9.01. The first-order valence-corrected chi connectivity index (χ1v) is 9.60. The minimum Gasteiger partial charge on any atom is -0.481 e. The second-order valence-corrected chi connectivity index (χ2v) is 11.7. The Bertz CT molecular complexity index is 304. The lowest BCUT2D eigenvalue weighted by Crippen LogP contribution is -2.49. The van der Waals surface area contributed by atoms with Gasteiger partial charge in [-0.2, -0.15) is 0 Å². The molecule has 0 unspecified atom stereocenters. The lowest BCUT2D eigenvalue weighted by molar-refractivity contribution is -0.153. The number of rotatable bonds is 4. The van der Waals surface area contributed by atoms with Crippen molar-refractivity contribution in [3.63, 3.8) is 0 Å². The van der Waals surface area contributed by atoms with Gasteiger partial charge in [-0.1, -0.05) is 20.8 Å². The van der Waals surface area contributed by atoms with Gasteiger partial charge in [0.1, 0.15) is 0 Å². The first kappa shape index (κ1) is 15.7. The van der Waals surface area contributed by atoms with Gasteiger partial charge in [-0.3, -0.25) is 4.79 Å². The molecule has 106 valence electrons. The van der Waals surface area contributed by atoms with Crippen molar-refractivity contribution in [2.24, 2.45) is 5.41 Å². The Morgan fingerprint density at radius 3 is 2.22 bits per heavy atom. The van der Waals surface area contributed by atoms with Crippen molar-refractivity contribution in [2.45, 2.75) is 51.7 Å². The van der Waals surface area contributed by atoms with Crippen molar-refractivity contribution in [1.29, 1.82) is 0 Å². The van der Waals surface area contributed by atoms with Crippen LogP contribution in [0.3, 0.4) is 0 Å². The van der Waals surface area contributed by atoms with E-state index in [9.17, 15) is 9.90 Å². The van der Waals surface area contributed by atoms with Crippen LogP contribution in [0.2, 0.25) is 18.1 Å². The fraction of sp³-hybridized carbons (Fsp3) is 0.923. The summed E-state index contributed by atoms with van der Waals surface area (Å²) in [7, 11) is -1.87. The minimum atomic E-state index is -1.87. The number of aliphatic carboxylic acids is 1. The van der Waals surface area contributed by atoms with Crippen molar-refractivity contribution in [2.75, 3.05) is 19.7 Å². The van der Waals surface area contributed by atoms with E-state index in [2.05, 4.69) is 39.2 Å². The van der Waals surface area contributed by atoms with Gasteiger partial charge in [0.2, 0.25) is 0 Å². The Morgan fingerprint density at radius 2 is 1.83 bits per heavy atom. The number of nitrogens with one attached hydrogen (secondary N) is 1. The number of hydrogen-bond acceptors (Lipinski definition) is 3. The van der Waals surface area contributed by atoms with Gasteiger partial charge >= 0.3 is 5.97 Å².